The van der Waals surface area contributed by atoms with Crippen molar-refractivity contribution in [3.05, 3.63) is 32.7 Å². The van der Waals surface area contributed by atoms with Gasteiger partial charge in [0.05, 0.1) is 6.54 Å². The molecular formula is C9H9Br2F2N. The van der Waals surface area contributed by atoms with Gasteiger partial charge in [0, 0.05) is 15.5 Å². The molecule has 0 aliphatic heterocycles. The highest BCUT2D eigenvalue weighted by molar-refractivity contribution is 9.13. The van der Waals surface area contributed by atoms with Crippen molar-refractivity contribution in [1.29, 1.82) is 0 Å². The highest BCUT2D eigenvalue weighted by Crippen LogP contribution is 2.23. The first-order chi connectivity index (χ1) is 6.59. The molecule has 0 spiro atoms. The monoisotopic (exact) mass is 327 g/mol. The third kappa shape index (κ3) is 4.02. The Kier molecular flexibility index (Phi) is 4.98. The largest absolute Gasteiger partial charge is 0.307 e. The van der Waals surface area contributed by atoms with E-state index >= 15 is 0 Å². The van der Waals surface area contributed by atoms with Gasteiger partial charge >= 0.3 is 0 Å². The number of hydrogen-bond donors (Lipinski definition) is 1. The van der Waals surface area contributed by atoms with Crippen molar-refractivity contribution < 1.29 is 8.78 Å². The van der Waals surface area contributed by atoms with Gasteiger partial charge in [0.2, 0.25) is 0 Å². The second kappa shape index (κ2) is 5.78. The zero-order valence-corrected chi connectivity index (χ0v) is 10.4. The summed E-state index contributed by atoms with van der Waals surface area (Å²) in [7, 11) is 0. The van der Waals surface area contributed by atoms with E-state index in [4.69, 9.17) is 0 Å². The zero-order chi connectivity index (χ0) is 10.6. The Balaban J connectivity index is 2.47. The molecule has 0 atom stereocenters. The normalized spacial score (nSPS) is 10.9. The van der Waals surface area contributed by atoms with Crippen LogP contribution in [0.4, 0.5) is 8.78 Å². The standard InChI is InChI=1S/C9H9Br2F2N/c10-7-2-1-6(3-8(7)11)4-14-5-9(12)13/h1-3,9,14H,4-5H2. The van der Waals surface area contributed by atoms with Crippen molar-refractivity contribution in [2.45, 2.75) is 13.0 Å². The summed E-state index contributed by atoms with van der Waals surface area (Å²) in [5.41, 5.74) is 0.973. The molecule has 0 aromatic heterocycles. The van der Waals surface area contributed by atoms with Crippen LogP contribution in [0.5, 0.6) is 0 Å². The topological polar surface area (TPSA) is 12.0 Å². The number of halogens is 4. The van der Waals surface area contributed by atoms with E-state index in [9.17, 15) is 8.78 Å². The Morgan fingerprint density at radius 1 is 1.21 bits per heavy atom. The summed E-state index contributed by atoms with van der Waals surface area (Å²) >= 11 is 6.68. The number of alkyl halides is 2. The molecule has 0 saturated heterocycles. The number of hydrogen-bond acceptors (Lipinski definition) is 1. The Hall–Kier alpha value is -0.000000000000000111. The summed E-state index contributed by atoms with van der Waals surface area (Å²) in [6, 6.07) is 5.65. The van der Waals surface area contributed by atoms with Gasteiger partial charge in [-0.05, 0) is 49.6 Å². The predicted octanol–water partition coefficient (Wildman–Crippen LogP) is 3.57. The van der Waals surface area contributed by atoms with Gasteiger partial charge in [-0.2, -0.15) is 0 Å². The van der Waals surface area contributed by atoms with Gasteiger partial charge in [-0.25, -0.2) is 8.78 Å². The smallest absolute Gasteiger partial charge is 0.250 e. The fourth-order valence-electron chi connectivity index (χ4n) is 0.975. The molecular weight excluding hydrogens is 320 g/mol. The lowest BCUT2D eigenvalue weighted by atomic mass is 10.2. The highest BCUT2D eigenvalue weighted by Gasteiger charge is 2.02. The molecule has 0 amide bonds. The SMILES string of the molecule is FC(F)CNCc1ccc(Br)c(Br)c1. The van der Waals surface area contributed by atoms with Crippen molar-refractivity contribution in [3.8, 4) is 0 Å². The van der Waals surface area contributed by atoms with Crippen LogP contribution >= 0.6 is 31.9 Å². The molecule has 0 radical (unpaired) electrons. The number of benzene rings is 1. The second-order valence-corrected chi connectivity index (χ2v) is 4.48. The molecule has 1 aromatic carbocycles. The van der Waals surface area contributed by atoms with Crippen molar-refractivity contribution in [1.82, 2.24) is 5.32 Å². The molecule has 1 aromatic rings. The maximum absolute atomic E-state index is 11.8. The van der Waals surface area contributed by atoms with Crippen LogP contribution < -0.4 is 5.32 Å². The summed E-state index contributed by atoms with van der Waals surface area (Å²) in [6.45, 7) is 0.184. The third-order valence-corrected chi connectivity index (χ3v) is 3.49. The number of nitrogens with one attached hydrogen (secondary N) is 1. The average Bonchev–Trinajstić information content (AvgIpc) is 2.10. The van der Waals surface area contributed by atoms with Crippen molar-refractivity contribution in [2.24, 2.45) is 0 Å². The highest BCUT2D eigenvalue weighted by atomic mass is 79.9. The van der Waals surface area contributed by atoms with Gasteiger partial charge in [-0.1, -0.05) is 6.07 Å². The summed E-state index contributed by atoms with van der Waals surface area (Å²) in [4.78, 5) is 0. The molecule has 1 rings (SSSR count). The van der Waals surface area contributed by atoms with Crippen LogP contribution in [0.1, 0.15) is 5.56 Å². The first-order valence-corrected chi connectivity index (χ1v) is 5.61. The van der Waals surface area contributed by atoms with Crippen LogP contribution in [0.3, 0.4) is 0 Å². The predicted molar refractivity (Wildman–Crippen MR) is 59.6 cm³/mol. The summed E-state index contributed by atoms with van der Waals surface area (Å²) < 4.78 is 25.5. The van der Waals surface area contributed by atoms with Crippen LogP contribution in [-0.2, 0) is 6.54 Å². The van der Waals surface area contributed by atoms with Crippen LogP contribution in [0.25, 0.3) is 0 Å². The summed E-state index contributed by atoms with van der Waals surface area (Å²) in [5.74, 6) is 0. The lowest BCUT2D eigenvalue weighted by molar-refractivity contribution is 0.145. The van der Waals surface area contributed by atoms with E-state index in [1.54, 1.807) is 0 Å². The third-order valence-electron chi connectivity index (χ3n) is 1.61. The lowest BCUT2D eigenvalue weighted by Crippen LogP contribution is -2.20. The minimum Gasteiger partial charge on any atom is -0.307 e. The van der Waals surface area contributed by atoms with Crippen molar-refractivity contribution >= 4 is 31.9 Å². The Labute approximate surface area is 98.1 Å². The molecule has 0 fully saturated rings. The van der Waals surface area contributed by atoms with Crippen LogP contribution in [-0.4, -0.2) is 13.0 Å². The van der Waals surface area contributed by atoms with E-state index in [0.29, 0.717) is 6.54 Å². The van der Waals surface area contributed by atoms with Gasteiger partial charge < -0.3 is 5.32 Å². The zero-order valence-electron chi connectivity index (χ0n) is 7.24. The lowest BCUT2D eigenvalue weighted by Gasteiger charge is -2.05. The molecule has 5 heteroatoms. The van der Waals surface area contributed by atoms with E-state index in [1.807, 2.05) is 18.2 Å². The van der Waals surface area contributed by atoms with Crippen molar-refractivity contribution in [2.75, 3.05) is 6.54 Å². The fraction of sp³-hybridized carbons (Fsp3) is 0.333. The molecule has 0 unspecified atom stereocenters. The van der Waals surface area contributed by atoms with E-state index in [1.165, 1.54) is 0 Å². The first kappa shape index (κ1) is 12.1. The van der Waals surface area contributed by atoms with E-state index in [-0.39, 0.29) is 6.54 Å². The van der Waals surface area contributed by atoms with Gasteiger partial charge in [-0.3, -0.25) is 0 Å². The van der Waals surface area contributed by atoms with E-state index < -0.39 is 6.43 Å². The van der Waals surface area contributed by atoms with Gasteiger partial charge in [0.1, 0.15) is 0 Å². The Bertz CT molecular complexity index is 305. The maximum atomic E-state index is 11.8. The molecule has 0 aliphatic carbocycles. The number of rotatable bonds is 4. The summed E-state index contributed by atoms with van der Waals surface area (Å²) in [5, 5.41) is 2.66. The molecule has 0 aliphatic rings. The average molecular weight is 329 g/mol. The van der Waals surface area contributed by atoms with Crippen LogP contribution in [0, 0.1) is 0 Å². The summed E-state index contributed by atoms with van der Waals surface area (Å²) in [6.07, 6.45) is -2.30. The quantitative estimate of drug-likeness (QED) is 0.891. The molecule has 14 heavy (non-hydrogen) atoms. The molecule has 1 N–H and O–H groups in total. The minimum atomic E-state index is -2.30. The Morgan fingerprint density at radius 2 is 1.93 bits per heavy atom. The van der Waals surface area contributed by atoms with Crippen LogP contribution in [0.15, 0.2) is 27.1 Å². The van der Waals surface area contributed by atoms with Crippen molar-refractivity contribution in [3.63, 3.8) is 0 Å². The van der Waals surface area contributed by atoms with Crippen LogP contribution in [0.2, 0.25) is 0 Å². The van der Waals surface area contributed by atoms with Gasteiger partial charge in [0.15, 0.2) is 0 Å². The maximum Gasteiger partial charge on any atom is 0.250 e. The Morgan fingerprint density at radius 3 is 2.50 bits per heavy atom. The molecule has 78 valence electrons. The molecule has 1 nitrogen and oxygen atoms in total. The van der Waals surface area contributed by atoms with E-state index in [2.05, 4.69) is 37.2 Å². The molecule has 0 heterocycles. The fourth-order valence-corrected chi connectivity index (χ4v) is 1.65. The minimum absolute atomic E-state index is 0.270. The van der Waals surface area contributed by atoms with E-state index in [0.717, 1.165) is 14.5 Å². The molecule has 0 saturated carbocycles. The van der Waals surface area contributed by atoms with Gasteiger partial charge in [0.25, 0.3) is 6.43 Å². The molecule has 0 bridgehead atoms. The first-order valence-electron chi connectivity index (χ1n) is 4.02. The second-order valence-electron chi connectivity index (χ2n) is 2.77. The van der Waals surface area contributed by atoms with Gasteiger partial charge in [-0.15, -0.1) is 0 Å².